The van der Waals surface area contributed by atoms with Gasteiger partial charge in [0.25, 0.3) is 0 Å². The maximum atomic E-state index is 12.5. The zero-order valence-electron chi connectivity index (χ0n) is 14.8. The molecule has 7 heteroatoms. The Morgan fingerprint density at radius 1 is 1.04 bits per heavy atom. The Hall–Kier alpha value is -2.11. The number of amides is 2. The first kappa shape index (κ1) is 18.7. The smallest absolute Gasteiger partial charge is 0.321 e. The summed E-state index contributed by atoms with van der Waals surface area (Å²) in [6.07, 6.45) is 0. The minimum Gasteiger partial charge on any atom is -0.495 e. The number of rotatable bonds is 3. The molecule has 0 bridgehead atoms. The van der Waals surface area contributed by atoms with E-state index in [1.165, 1.54) is 5.56 Å². The molecule has 0 saturated carbocycles. The molecule has 2 aromatic rings. The predicted molar refractivity (Wildman–Crippen MR) is 107 cm³/mol. The predicted octanol–water partition coefficient (Wildman–Crippen LogP) is 4.66. The maximum absolute atomic E-state index is 12.5. The number of piperazine rings is 1. The van der Waals surface area contributed by atoms with Gasteiger partial charge in [-0.15, -0.1) is 0 Å². The summed E-state index contributed by atoms with van der Waals surface area (Å²) in [6, 6.07) is 11.0. The van der Waals surface area contributed by atoms with Crippen molar-refractivity contribution in [1.82, 2.24) is 4.90 Å². The Morgan fingerprint density at radius 2 is 1.69 bits per heavy atom. The lowest BCUT2D eigenvalue weighted by molar-refractivity contribution is 0.208. The molecule has 2 aromatic carbocycles. The fourth-order valence-electron chi connectivity index (χ4n) is 3.03. The molecule has 0 unspecified atom stereocenters. The number of nitrogens with zero attached hydrogens (tertiary/aromatic N) is 2. The van der Waals surface area contributed by atoms with Crippen LogP contribution in [-0.4, -0.2) is 44.2 Å². The summed E-state index contributed by atoms with van der Waals surface area (Å²) in [4.78, 5) is 16.5. The number of methoxy groups -OCH3 is 1. The van der Waals surface area contributed by atoms with Crippen LogP contribution in [0.3, 0.4) is 0 Å². The molecular formula is C19H21Cl2N3O2. The van der Waals surface area contributed by atoms with Crippen molar-refractivity contribution in [2.24, 2.45) is 0 Å². The third-order valence-corrected chi connectivity index (χ3v) is 4.79. The number of halogens is 2. The highest BCUT2D eigenvalue weighted by molar-refractivity contribution is 6.35. The van der Waals surface area contributed by atoms with Crippen LogP contribution in [0, 0.1) is 6.92 Å². The molecule has 1 saturated heterocycles. The highest BCUT2D eigenvalue weighted by atomic mass is 35.5. The van der Waals surface area contributed by atoms with Gasteiger partial charge < -0.3 is 19.9 Å². The van der Waals surface area contributed by atoms with Crippen LogP contribution in [0.15, 0.2) is 36.4 Å². The first-order chi connectivity index (χ1) is 12.5. The number of benzene rings is 2. The van der Waals surface area contributed by atoms with Gasteiger partial charge in [-0.3, -0.25) is 0 Å². The first-order valence-corrected chi connectivity index (χ1v) is 9.13. The third kappa shape index (κ3) is 4.34. The van der Waals surface area contributed by atoms with E-state index >= 15 is 0 Å². The van der Waals surface area contributed by atoms with Gasteiger partial charge in [-0.25, -0.2) is 4.79 Å². The van der Waals surface area contributed by atoms with Gasteiger partial charge in [-0.2, -0.15) is 0 Å². The summed E-state index contributed by atoms with van der Waals surface area (Å²) in [5, 5.41) is 3.83. The molecule has 2 amide bonds. The second-order valence-corrected chi connectivity index (χ2v) is 7.11. The molecule has 1 fully saturated rings. The van der Waals surface area contributed by atoms with E-state index in [2.05, 4.69) is 23.2 Å². The normalized spacial score (nSPS) is 14.3. The van der Waals surface area contributed by atoms with Crippen molar-refractivity contribution in [3.63, 3.8) is 0 Å². The van der Waals surface area contributed by atoms with Crippen molar-refractivity contribution >= 4 is 40.6 Å². The molecular weight excluding hydrogens is 373 g/mol. The molecule has 0 atom stereocenters. The van der Waals surface area contributed by atoms with E-state index in [1.54, 1.807) is 30.2 Å². The van der Waals surface area contributed by atoms with Crippen molar-refractivity contribution in [1.29, 1.82) is 0 Å². The van der Waals surface area contributed by atoms with E-state index in [0.717, 1.165) is 24.5 Å². The van der Waals surface area contributed by atoms with E-state index in [-0.39, 0.29) is 6.03 Å². The fourth-order valence-corrected chi connectivity index (χ4v) is 3.55. The molecule has 3 rings (SSSR count). The largest absolute Gasteiger partial charge is 0.495 e. The molecule has 0 spiro atoms. The Labute approximate surface area is 163 Å². The average Bonchev–Trinajstić information content (AvgIpc) is 2.61. The van der Waals surface area contributed by atoms with Crippen molar-refractivity contribution in [3.05, 3.63) is 52.0 Å². The van der Waals surface area contributed by atoms with Gasteiger partial charge in [0.2, 0.25) is 0 Å². The highest BCUT2D eigenvalue weighted by Gasteiger charge is 2.23. The molecule has 1 aliphatic rings. The Balaban J connectivity index is 1.63. The lowest BCUT2D eigenvalue weighted by atomic mass is 10.1. The summed E-state index contributed by atoms with van der Waals surface area (Å²) in [6.45, 7) is 4.78. The summed E-state index contributed by atoms with van der Waals surface area (Å²) in [7, 11) is 1.67. The number of hydrogen-bond donors (Lipinski definition) is 1. The second kappa shape index (κ2) is 8.06. The van der Waals surface area contributed by atoms with Gasteiger partial charge in [0.15, 0.2) is 0 Å². The number of carbonyl (C=O) groups is 1. The highest BCUT2D eigenvalue weighted by Crippen LogP contribution is 2.30. The SMILES string of the molecule is COc1ccc(C)cc1N1CCN(C(=O)Nc2cc(Cl)cc(Cl)c2)CC1. The molecule has 5 nitrogen and oxygen atoms in total. The molecule has 1 N–H and O–H groups in total. The lowest BCUT2D eigenvalue weighted by Crippen LogP contribution is -2.50. The second-order valence-electron chi connectivity index (χ2n) is 6.24. The van der Waals surface area contributed by atoms with E-state index < -0.39 is 0 Å². The topological polar surface area (TPSA) is 44.8 Å². The summed E-state index contributed by atoms with van der Waals surface area (Å²) in [5.74, 6) is 0.849. The number of ether oxygens (including phenoxy) is 1. The van der Waals surface area contributed by atoms with Crippen molar-refractivity contribution in [3.8, 4) is 5.75 Å². The summed E-state index contributed by atoms with van der Waals surface area (Å²) >= 11 is 12.0. The molecule has 1 heterocycles. The Bertz CT molecular complexity index is 785. The van der Waals surface area contributed by atoms with E-state index in [4.69, 9.17) is 27.9 Å². The first-order valence-electron chi connectivity index (χ1n) is 8.38. The van der Waals surface area contributed by atoms with Crippen molar-refractivity contribution in [2.45, 2.75) is 6.92 Å². The van der Waals surface area contributed by atoms with Crippen LogP contribution in [-0.2, 0) is 0 Å². The number of anilines is 2. The van der Waals surface area contributed by atoms with Crippen LogP contribution < -0.4 is 15.0 Å². The quantitative estimate of drug-likeness (QED) is 0.823. The van der Waals surface area contributed by atoms with E-state index in [0.29, 0.717) is 28.8 Å². The average molecular weight is 394 g/mol. The van der Waals surface area contributed by atoms with Gasteiger partial charge in [0.05, 0.1) is 12.8 Å². The lowest BCUT2D eigenvalue weighted by Gasteiger charge is -2.36. The van der Waals surface area contributed by atoms with Crippen molar-refractivity contribution < 1.29 is 9.53 Å². The standard InChI is InChI=1S/C19H21Cl2N3O2/c1-13-3-4-18(26-2)17(9-13)23-5-7-24(8-6-23)19(25)22-16-11-14(20)10-15(21)12-16/h3-4,9-12H,5-8H2,1-2H3,(H,22,25). The monoisotopic (exact) mass is 393 g/mol. The van der Waals surface area contributed by atoms with E-state index in [9.17, 15) is 4.79 Å². The molecule has 0 aliphatic carbocycles. The minimum atomic E-state index is -0.154. The van der Waals surface area contributed by atoms with Crippen molar-refractivity contribution in [2.75, 3.05) is 43.5 Å². The van der Waals surface area contributed by atoms with Crippen LogP contribution in [0.2, 0.25) is 10.0 Å². The molecule has 1 aliphatic heterocycles. The van der Waals surface area contributed by atoms with Gasteiger partial charge >= 0.3 is 6.03 Å². The molecule has 26 heavy (non-hydrogen) atoms. The zero-order chi connectivity index (χ0) is 18.7. The van der Waals surface area contributed by atoms with Crippen LogP contribution in [0.4, 0.5) is 16.2 Å². The molecule has 0 aromatic heterocycles. The Kier molecular flexibility index (Phi) is 5.79. The number of nitrogens with one attached hydrogen (secondary N) is 1. The zero-order valence-corrected chi connectivity index (χ0v) is 16.3. The van der Waals surface area contributed by atoms with Crippen LogP contribution in [0.5, 0.6) is 5.75 Å². The number of hydrogen-bond acceptors (Lipinski definition) is 3. The maximum Gasteiger partial charge on any atom is 0.321 e. The Morgan fingerprint density at radius 3 is 2.31 bits per heavy atom. The van der Waals surface area contributed by atoms with E-state index in [1.807, 2.05) is 12.1 Å². The minimum absolute atomic E-state index is 0.154. The number of aryl methyl sites for hydroxylation is 1. The summed E-state index contributed by atoms with van der Waals surface area (Å²) in [5.41, 5.74) is 2.84. The van der Waals surface area contributed by atoms with Crippen LogP contribution in [0.1, 0.15) is 5.56 Å². The van der Waals surface area contributed by atoms with Gasteiger partial charge in [0, 0.05) is 41.9 Å². The van der Waals surface area contributed by atoms with Gasteiger partial charge in [-0.1, -0.05) is 29.3 Å². The number of carbonyl (C=O) groups excluding carboxylic acids is 1. The molecule has 0 radical (unpaired) electrons. The number of urea groups is 1. The van der Waals surface area contributed by atoms with Gasteiger partial charge in [-0.05, 0) is 42.8 Å². The van der Waals surface area contributed by atoms with Crippen LogP contribution >= 0.6 is 23.2 Å². The third-order valence-electron chi connectivity index (χ3n) is 4.36. The van der Waals surface area contributed by atoms with Crippen LogP contribution in [0.25, 0.3) is 0 Å². The van der Waals surface area contributed by atoms with Gasteiger partial charge in [0.1, 0.15) is 5.75 Å². The fraction of sp³-hybridized carbons (Fsp3) is 0.316. The molecule has 138 valence electrons. The summed E-state index contributed by atoms with van der Waals surface area (Å²) < 4.78 is 5.47.